The molecule has 0 aromatic heterocycles. The highest BCUT2D eigenvalue weighted by Crippen LogP contribution is 2.24. The Hall–Kier alpha value is -1.37. The van der Waals surface area contributed by atoms with E-state index in [1.807, 2.05) is 12.1 Å². The molecule has 0 amide bonds. The molecule has 3 heteroatoms. The molecule has 108 valence electrons. The molecule has 1 heterocycles. The molecule has 1 aromatic rings. The molecule has 0 aliphatic carbocycles. The lowest BCUT2D eigenvalue weighted by Gasteiger charge is -2.15. The van der Waals surface area contributed by atoms with Crippen molar-refractivity contribution in [3.8, 4) is 11.8 Å². The number of hydrogen-bond donors (Lipinski definition) is 1. The fraction of sp³-hybridized carbons (Fsp3) is 0.529. The third-order valence-corrected chi connectivity index (χ3v) is 3.96. The first kappa shape index (κ1) is 15.0. The highest BCUT2D eigenvalue weighted by Gasteiger charge is 2.25. The highest BCUT2D eigenvalue weighted by molar-refractivity contribution is 5.38. The fourth-order valence-electron chi connectivity index (χ4n) is 2.62. The Balaban J connectivity index is 2.06. The maximum Gasteiger partial charge on any atom is 0.138 e. The summed E-state index contributed by atoms with van der Waals surface area (Å²) in [5, 5.41) is 8.70. The van der Waals surface area contributed by atoms with Crippen molar-refractivity contribution in [2.75, 3.05) is 19.7 Å². The van der Waals surface area contributed by atoms with E-state index in [1.54, 1.807) is 0 Å². The van der Waals surface area contributed by atoms with Crippen molar-refractivity contribution < 1.29 is 9.50 Å². The second-order valence-corrected chi connectivity index (χ2v) is 5.74. The molecule has 0 spiro atoms. The van der Waals surface area contributed by atoms with Crippen molar-refractivity contribution in [2.45, 2.75) is 26.8 Å². The van der Waals surface area contributed by atoms with Gasteiger partial charge in [0.2, 0.25) is 0 Å². The van der Waals surface area contributed by atoms with Crippen molar-refractivity contribution in [1.29, 1.82) is 0 Å². The summed E-state index contributed by atoms with van der Waals surface area (Å²) in [6.07, 6.45) is 0.380. The molecule has 1 aliphatic heterocycles. The predicted octanol–water partition coefficient (Wildman–Crippen LogP) is 2.65. The number of benzene rings is 1. The summed E-state index contributed by atoms with van der Waals surface area (Å²) in [4.78, 5) is 2.41. The first-order valence-electron chi connectivity index (χ1n) is 7.20. The monoisotopic (exact) mass is 275 g/mol. The molecule has 2 nitrogen and oxygen atoms in total. The van der Waals surface area contributed by atoms with Gasteiger partial charge < -0.3 is 5.11 Å². The lowest BCUT2D eigenvalue weighted by atomic mass is 10.0. The lowest BCUT2D eigenvalue weighted by Crippen LogP contribution is -2.20. The highest BCUT2D eigenvalue weighted by atomic mass is 19.1. The Morgan fingerprint density at radius 3 is 2.65 bits per heavy atom. The zero-order valence-corrected chi connectivity index (χ0v) is 12.2. The topological polar surface area (TPSA) is 23.5 Å². The molecular formula is C17H22FNO. The smallest absolute Gasteiger partial charge is 0.138 e. The molecule has 1 saturated heterocycles. The number of aliphatic hydroxyl groups excluding tert-OH is 1. The van der Waals surface area contributed by atoms with Gasteiger partial charge in [-0.1, -0.05) is 31.8 Å². The minimum absolute atomic E-state index is 0.0118. The van der Waals surface area contributed by atoms with Crippen LogP contribution in [0.2, 0.25) is 0 Å². The standard InChI is InChI=1S/C17H22FNO/c1-13-10-19(11-14(13)2)12-15-6-7-17(18)16(9-15)5-3-4-8-20/h6-7,9,13-14,20H,4,8,10-12H2,1-2H3. The summed E-state index contributed by atoms with van der Waals surface area (Å²) in [7, 11) is 0. The normalized spacial score (nSPS) is 22.6. The predicted molar refractivity (Wildman–Crippen MR) is 78.6 cm³/mol. The summed E-state index contributed by atoms with van der Waals surface area (Å²) in [5.74, 6) is 6.72. The molecule has 0 radical (unpaired) electrons. The molecule has 1 aromatic carbocycles. The quantitative estimate of drug-likeness (QED) is 0.857. The van der Waals surface area contributed by atoms with Crippen LogP contribution < -0.4 is 0 Å². The number of hydrogen-bond acceptors (Lipinski definition) is 2. The van der Waals surface area contributed by atoms with E-state index in [1.165, 1.54) is 6.07 Å². The van der Waals surface area contributed by atoms with Crippen LogP contribution in [0.15, 0.2) is 18.2 Å². The van der Waals surface area contributed by atoms with Crippen LogP contribution in [0.25, 0.3) is 0 Å². The van der Waals surface area contributed by atoms with Crippen LogP contribution in [0.5, 0.6) is 0 Å². The van der Waals surface area contributed by atoms with Crippen LogP contribution in [0.3, 0.4) is 0 Å². The van der Waals surface area contributed by atoms with E-state index in [-0.39, 0.29) is 12.4 Å². The SMILES string of the molecule is CC1CN(Cc2ccc(F)c(C#CCCO)c2)CC1C. The van der Waals surface area contributed by atoms with E-state index >= 15 is 0 Å². The average Bonchev–Trinajstić information content (AvgIpc) is 2.72. The van der Waals surface area contributed by atoms with E-state index in [2.05, 4.69) is 30.6 Å². The molecule has 0 saturated carbocycles. The molecule has 2 atom stereocenters. The van der Waals surface area contributed by atoms with Gasteiger partial charge >= 0.3 is 0 Å². The summed E-state index contributed by atoms with van der Waals surface area (Å²) in [6, 6.07) is 5.15. The number of rotatable bonds is 3. The maximum absolute atomic E-state index is 13.7. The van der Waals surface area contributed by atoms with Crippen LogP contribution in [0, 0.1) is 29.5 Å². The van der Waals surface area contributed by atoms with Gasteiger partial charge in [0.15, 0.2) is 0 Å². The fourth-order valence-corrected chi connectivity index (χ4v) is 2.62. The van der Waals surface area contributed by atoms with Gasteiger partial charge in [0.05, 0.1) is 12.2 Å². The van der Waals surface area contributed by atoms with E-state index in [0.717, 1.165) is 37.0 Å². The zero-order chi connectivity index (χ0) is 14.5. The van der Waals surface area contributed by atoms with Gasteiger partial charge in [-0.05, 0) is 29.5 Å². The van der Waals surface area contributed by atoms with Crippen molar-refractivity contribution in [3.05, 3.63) is 35.1 Å². The Morgan fingerprint density at radius 2 is 2.00 bits per heavy atom. The molecule has 0 bridgehead atoms. The molecule has 2 rings (SSSR count). The minimum atomic E-state index is -0.289. The molecular weight excluding hydrogens is 253 g/mol. The first-order valence-corrected chi connectivity index (χ1v) is 7.20. The van der Waals surface area contributed by atoms with Gasteiger partial charge in [0.25, 0.3) is 0 Å². The van der Waals surface area contributed by atoms with Gasteiger partial charge in [-0.25, -0.2) is 4.39 Å². The van der Waals surface area contributed by atoms with Crippen molar-refractivity contribution in [2.24, 2.45) is 11.8 Å². The van der Waals surface area contributed by atoms with Crippen molar-refractivity contribution in [3.63, 3.8) is 0 Å². The number of aliphatic hydroxyl groups is 1. The third kappa shape index (κ3) is 3.82. The van der Waals surface area contributed by atoms with Crippen molar-refractivity contribution >= 4 is 0 Å². The Kier molecular flexibility index (Phi) is 5.17. The van der Waals surface area contributed by atoms with E-state index in [9.17, 15) is 4.39 Å². The molecule has 2 unspecified atom stereocenters. The molecule has 1 N–H and O–H groups in total. The number of halogens is 1. The van der Waals surface area contributed by atoms with E-state index < -0.39 is 0 Å². The second-order valence-electron chi connectivity index (χ2n) is 5.74. The summed E-state index contributed by atoms with van der Waals surface area (Å²) >= 11 is 0. The number of likely N-dealkylation sites (tertiary alicyclic amines) is 1. The summed E-state index contributed by atoms with van der Waals surface area (Å²) in [6.45, 7) is 7.62. The average molecular weight is 275 g/mol. The first-order chi connectivity index (χ1) is 9.60. The van der Waals surface area contributed by atoms with Gasteiger partial charge in [-0.2, -0.15) is 0 Å². The van der Waals surface area contributed by atoms with E-state index in [4.69, 9.17) is 5.11 Å². The van der Waals surface area contributed by atoms with Gasteiger partial charge in [-0.3, -0.25) is 4.90 Å². The molecule has 1 fully saturated rings. The van der Waals surface area contributed by atoms with Crippen LogP contribution in [0.4, 0.5) is 4.39 Å². The Bertz CT molecular complexity index is 507. The van der Waals surface area contributed by atoms with Crippen LogP contribution >= 0.6 is 0 Å². The Labute approximate surface area is 120 Å². The van der Waals surface area contributed by atoms with Crippen molar-refractivity contribution in [1.82, 2.24) is 4.90 Å². The van der Waals surface area contributed by atoms with Gasteiger partial charge in [0, 0.05) is 26.1 Å². The minimum Gasteiger partial charge on any atom is -0.395 e. The summed E-state index contributed by atoms with van der Waals surface area (Å²) < 4.78 is 13.7. The van der Waals surface area contributed by atoms with Crippen LogP contribution in [0.1, 0.15) is 31.4 Å². The van der Waals surface area contributed by atoms with Crippen LogP contribution in [-0.2, 0) is 6.54 Å². The second kappa shape index (κ2) is 6.88. The third-order valence-electron chi connectivity index (χ3n) is 3.96. The lowest BCUT2D eigenvalue weighted by molar-refractivity contribution is 0.305. The van der Waals surface area contributed by atoms with Gasteiger partial charge in [-0.15, -0.1) is 0 Å². The van der Waals surface area contributed by atoms with Gasteiger partial charge in [0.1, 0.15) is 5.82 Å². The zero-order valence-electron chi connectivity index (χ0n) is 12.2. The number of nitrogens with zero attached hydrogens (tertiary/aromatic N) is 1. The molecule has 1 aliphatic rings. The van der Waals surface area contributed by atoms with Crippen LogP contribution in [-0.4, -0.2) is 29.7 Å². The largest absolute Gasteiger partial charge is 0.395 e. The van der Waals surface area contributed by atoms with E-state index in [0.29, 0.717) is 12.0 Å². The maximum atomic E-state index is 13.7. The Morgan fingerprint density at radius 1 is 1.30 bits per heavy atom. The summed E-state index contributed by atoms with van der Waals surface area (Å²) in [5.41, 5.74) is 1.53. The molecule has 20 heavy (non-hydrogen) atoms.